The van der Waals surface area contributed by atoms with Crippen molar-refractivity contribution < 1.29 is 4.79 Å². The highest BCUT2D eigenvalue weighted by molar-refractivity contribution is 9.10. The summed E-state index contributed by atoms with van der Waals surface area (Å²) in [6, 6.07) is 5.62. The first-order valence-corrected chi connectivity index (χ1v) is 8.06. The zero-order chi connectivity index (χ0) is 16.3. The van der Waals surface area contributed by atoms with Crippen LogP contribution < -0.4 is 16.7 Å². The highest BCUT2D eigenvalue weighted by Gasteiger charge is 2.11. The minimum atomic E-state index is -0.431. The van der Waals surface area contributed by atoms with Crippen LogP contribution in [0.25, 0.3) is 0 Å². The molecule has 3 N–H and O–H groups in total. The fraction of sp³-hybridized carbons (Fsp3) is 0.231. The van der Waals surface area contributed by atoms with Crippen LogP contribution in [0.15, 0.2) is 32.6 Å². The molecule has 1 aromatic heterocycles. The number of anilines is 1. The quantitative estimate of drug-likeness (QED) is 0.611. The minimum Gasteiger partial charge on any atom is -0.334 e. The topological polar surface area (TPSA) is 103 Å². The van der Waals surface area contributed by atoms with Gasteiger partial charge in [0.15, 0.2) is 0 Å². The molecule has 0 unspecified atom stereocenters. The normalized spacial score (nSPS) is 10.5. The second kappa shape index (κ2) is 6.93. The number of nitrogens with one attached hydrogen (secondary N) is 1. The molecule has 2 rings (SSSR count). The van der Waals surface area contributed by atoms with E-state index in [0.29, 0.717) is 5.69 Å². The average Bonchev–Trinajstić information content (AvgIpc) is 2.47. The summed E-state index contributed by atoms with van der Waals surface area (Å²) in [5.41, 5.74) is 1.54. The van der Waals surface area contributed by atoms with E-state index in [2.05, 4.69) is 31.4 Å². The van der Waals surface area contributed by atoms with Crippen LogP contribution in [0.4, 0.5) is 5.69 Å². The lowest BCUT2D eigenvalue weighted by atomic mass is 10.2. The molecule has 2 aromatic rings. The number of amides is 1. The van der Waals surface area contributed by atoms with Crippen LogP contribution in [-0.4, -0.2) is 26.5 Å². The number of nitrogens with two attached hydrogens (primary N) is 1. The van der Waals surface area contributed by atoms with Gasteiger partial charge in [0.2, 0.25) is 11.1 Å². The maximum atomic E-state index is 12.0. The van der Waals surface area contributed by atoms with Crippen molar-refractivity contribution in [2.24, 2.45) is 0 Å². The molecule has 7 nitrogen and oxygen atoms in total. The van der Waals surface area contributed by atoms with Gasteiger partial charge in [-0.25, -0.2) is 0 Å². The van der Waals surface area contributed by atoms with E-state index in [-0.39, 0.29) is 22.5 Å². The summed E-state index contributed by atoms with van der Waals surface area (Å²) in [6.07, 6.45) is 0. The molecule has 0 aliphatic heterocycles. The van der Waals surface area contributed by atoms with Gasteiger partial charge in [0, 0.05) is 4.47 Å². The lowest BCUT2D eigenvalue weighted by Gasteiger charge is -2.09. The standard InChI is InChI=1S/C13H14BrN5O2S/c1-7-3-4-10(9(14)5-7)16-11(20)6-22-13-18-17-8(2)12(21)19(13)15/h3-5H,6,15H2,1-2H3,(H,16,20). The smallest absolute Gasteiger partial charge is 0.294 e. The molecule has 1 amide bonds. The number of nitrogens with zero attached hydrogens (tertiary/aromatic N) is 3. The summed E-state index contributed by atoms with van der Waals surface area (Å²) in [5.74, 6) is 5.44. The third-order valence-corrected chi connectivity index (χ3v) is 4.35. The average molecular weight is 384 g/mol. The molecule has 1 aromatic carbocycles. The van der Waals surface area contributed by atoms with Crippen molar-refractivity contribution in [2.45, 2.75) is 19.0 Å². The Morgan fingerprint density at radius 1 is 1.41 bits per heavy atom. The molecule has 0 aliphatic carbocycles. The third-order valence-electron chi connectivity index (χ3n) is 2.75. The highest BCUT2D eigenvalue weighted by Crippen LogP contribution is 2.23. The van der Waals surface area contributed by atoms with E-state index in [4.69, 9.17) is 5.84 Å². The van der Waals surface area contributed by atoms with Gasteiger partial charge in [-0.15, -0.1) is 10.2 Å². The number of rotatable bonds is 4. The molecule has 22 heavy (non-hydrogen) atoms. The van der Waals surface area contributed by atoms with E-state index in [0.717, 1.165) is 26.5 Å². The molecule has 0 saturated carbocycles. The van der Waals surface area contributed by atoms with E-state index in [1.807, 2.05) is 25.1 Å². The van der Waals surface area contributed by atoms with Crippen LogP contribution in [0.2, 0.25) is 0 Å². The van der Waals surface area contributed by atoms with Crippen LogP contribution in [0.3, 0.4) is 0 Å². The van der Waals surface area contributed by atoms with E-state index in [1.54, 1.807) is 0 Å². The number of nitrogen functional groups attached to an aromatic ring is 1. The predicted molar refractivity (Wildman–Crippen MR) is 89.4 cm³/mol. The molecule has 0 atom stereocenters. The van der Waals surface area contributed by atoms with Crippen molar-refractivity contribution in [3.8, 4) is 0 Å². The monoisotopic (exact) mass is 383 g/mol. The Hall–Kier alpha value is -1.87. The van der Waals surface area contributed by atoms with Gasteiger partial charge < -0.3 is 11.2 Å². The van der Waals surface area contributed by atoms with Gasteiger partial charge in [-0.1, -0.05) is 17.8 Å². The lowest BCUT2D eigenvalue weighted by Crippen LogP contribution is -2.32. The van der Waals surface area contributed by atoms with E-state index in [9.17, 15) is 9.59 Å². The summed E-state index contributed by atoms with van der Waals surface area (Å²) in [6.45, 7) is 3.48. The summed E-state index contributed by atoms with van der Waals surface area (Å²) < 4.78 is 1.69. The lowest BCUT2D eigenvalue weighted by molar-refractivity contribution is -0.113. The number of hydrogen-bond acceptors (Lipinski definition) is 6. The first-order chi connectivity index (χ1) is 10.4. The zero-order valence-electron chi connectivity index (χ0n) is 12.0. The number of aromatic nitrogens is 3. The van der Waals surface area contributed by atoms with Crippen molar-refractivity contribution >= 4 is 39.3 Å². The van der Waals surface area contributed by atoms with Crippen molar-refractivity contribution in [1.82, 2.24) is 14.9 Å². The molecule has 0 radical (unpaired) electrons. The van der Waals surface area contributed by atoms with Gasteiger partial charge in [0.05, 0.1) is 11.4 Å². The molecule has 1 heterocycles. The Bertz CT molecular complexity index is 778. The van der Waals surface area contributed by atoms with Crippen LogP contribution in [-0.2, 0) is 4.79 Å². The largest absolute Gasteiger partial charge is 0.334 e. The van der Waals surface area contributed by atoms with Crippen molar-refractivity contribution in [1.29, 1.82) is 0 Å². The first kappa shape index (κ1) is 16.5. The van der Waals surface area contributed by atoms with Crippen LogP contribution in [0.1, 0.15) is 11.3 Å². The molecule has 9 heteroatoms. The molecule has 0 aliphatic rings. The number of thioether (sulfide) groups is 1. The fourth-order valence-electron chi connectivity index (χ4n) is 1.61. The molecular weight excluding hydrogens is 370 g/mol. The number of carbonyl (C=O) groups excluding carboxylic acids is 1. The Labute approximate surface area is 139 Å². The number of carbonyl (C=O) groups is 1. The second-order valence-corrected chi connectivity index (χ2v) is 6.36. The highest BCUT2D eigenvalue weighted by atomic mass is 79.9. The SMILES string of the molecule is Cc1ccc(NC(=O)CSc2nnc(C)c(=O)n2N)c(Br)c1. The summed E-state index contributed by atoms with van der Waals surface area (Å²) in [4.78, 5) is 23.6. The van der Waals surface area contributed by atoms with E-state index in [1.165, 1.54) is 6.92 Å². The molecule has 0 saturated heterocycles. The molecule has 0 fully saturated rings. The minimum absolute atomic E-state index is 0.0642. The van der Waals surface area contributed by atoms with Gasteiger partial charge in [0.1, 0.15) is 5.69 Å². The first-order valence-electron chi connectivity index (χ1n) is 6.28. The van der Waals surface area contributed by atoms with Gasteiger partial charge >= 0.3 is 0 Å². The summed E-state index contributed by atoms with van der Waals surface area (Å²) in [5, 5.41) is 10.5. The van der Waals surface area contributed by atoms with Crippen LogP contribution in [0.5, 0.6) is 0 Å². The Morgan fingerprint density at radius 3 is 2.82 bits per heavy atom. The van der Waals surface area contributed by atoms with E-state index >= 15 is 0 Å². The summed E-state index contributed by atoms with van der Waals surface area (Å²) >= 11 is 4.43. The van der Waals surface area contributed by atoms with Crippen LogP contribution >= 0.6 is 27.7 Å². The van der Waals surface area contributed by atoms with Gasteiger partial charge in [-0.3, -0.25) is 9.59 Å². The van der Waals surface area contributed by atoms with Crippen molar-refractivity contribution in [3.05, 3.63) is 44.3 Å². The van der Waals surface area contributed by atoms with Gasteiger partial charge in [-0.2, -0.15) is 4.68 Å². The zero-order valence-corrected chi connectivity index (χ0v) is 14.4. The number of hydrogen-bond donors (Lipinski definition) is 2. The Balaban J connectivity index is 2.01. The van der Waals surface area contributed by atoms with Crippen molar-refractivity contribution in [3.63, 3.8) is 0 Å². The van der Waals surface area contributed by atoms with Crippen LogP contribution in [0, 0.1) is 13.8 Å². The number of halogens is 1. The number of aryl methyl sites for hydroxylation is 2. The maximum Gasteiger partial charge on any atom is 0.294 e. The van der Waals surface area contributed by atoms with E-state index < -0.39 is 5.56 Å². The second-order valence-electron chi connectivity index (χ2n) is 4.56. The number of benzene rings is 1. The molecule has 116 valence electrons. The maximum absolute atomic E-state index is 12.0. The fourth-order valence-corrected chi connectivity index (χ4v) is 2.85. The van der Waals surface area contributed by atoms with Gasteiger partial charge in [-0.05, 0) is 47.5 Å². The van der Waals surface area contributed by atoms with Gasteiger partial charge in [0.25, 0.3) is 5.56 Å². The molecular formula is C13H14BrN5O2S. The third kappa shape index (κ3) is 3.86. The predicted octanol–water partition coefficient (Wildman–Crippen LogP) is 1.46. The Morgan fingerprint density at radius 2 is 2.14 bits per heavy atom. The Kier molecular flexibility index (Phi) is 5.19. The van der Waals surface area contributed by atoms with Crippen molar-refractivity contribution in [2.75, 3.05) is 16.9 Å². The molecule has 0 spiro atoms. The summed E-state index contributed by atoms with van der Waals surface area (Å²) in [7, 11) is 0. The molecule has 0 bridgehead atoms.